The Morgan fingerprint density at radius 3 is 1.37 bits per heavy atom. The predicted molar refractivity (Wildman–Crippen MR) is 183 cm³/mol. The Morgan fingerprint density at radius 2 is 1.05 bits per heavy atom. The second-order valence-corrected chi connectivity index (χ2v) is 30.7. The van der Waals surface area contributed by atoms with Gasteiger partial charge in [0.2, 0.25) is 0 Å². The van der Waals surface area contributed by atoms with Gasteiger partial charge in [0.05, 0.1) is 0 Å². The van der Waals surface area contributed by atoms with Crippen molar-refractivity contribution in [2.75, 3.05) is 0 Å². The molecular weight excluding hydrogens is 652 g/mol. The Hall–Kier alpha value is -0.777. The van der Waals surface area contributed by atoms with Crippen LogP contribution in [0.25, 0.3) is 0 Å². The Balaban J connectivity index is 1.81. The van der Waals surface area contributed by atoms with Crippen LogP contribution in [0.2, 0.25) is 0 Å². The normalized spacial score (nSPS) is 22.9. The fourth-order valence-corrected chi connectivity index (χ4v) is 34.9. The molecule has 7 heteroatoms. The van der Waals surface area contributed by atoms with Gasteiger partial charge in [-0.05, 0) is 0 Å². The molecule has 1 fully saturated rings. The second kappa shape index (κ2) is 14.3. The van der Waals surface area contributed by atoms with Gasteiger partial charge in [0, 0.05) is 0 Å². The van der Waals surface area contributed by atoms with Crippen LogP contribution in [-0.2, 0) is 41.5 Å². The summed E-state index contributed by atoms with van der Waals surface area (Å²) in [4.78, 5) is 0. The third-order valence-corrected chi connectivity index (χ3v) is 30.3. The summed E-state index contributed by atoms with van der Waals surface area (Å²) in [6, 6.07) is 8.66. The maximum absolute atomic E-state index is 11.5. The van der Waals surface area contributed by atoms with Crippen LogP contribution in [0, 0.1) is 0 Å². The van der Waals surface area contributed by atoms with Crippen molar-refractivity contribution >= 4 is 14.2 Å². The molecule has 2 N–H and O–H groups in total. The number of benzene rings is 2. The summed E-state index contributed by atoms with van der Waals surface area (Å²) in [7, 11) is 0.654. The van der Waals surface area contributed by atoms with Gasteiger partial charge in [0.15, 0.2) is 0 Å². The van der Waals surface area contributed by atoms with E-state index < -0.39 is 19.2 Å². The zero-order chi connectivity index (χ0) is 31.7. The van der Waals surface area contributed by atoms with Gasteiger partial charge in [-0.2, -0.15) is 0 Å². The van der Waals surface area contributed by atoms with E-state index in [9.17, 15) is 10.2 Å². The van der Waals surface area contributed by atoms with E-state index >= 15 is 0 Å². The van der Waals surface area contributed by atoms with Crippen LogP contribution in [-0.4, -0.2) is 32.9 Å². The fraction of sp³-hybridized carbons (Fsp3) is 0.667. The first-order valence-electron chi connectivity index (χ1n) is 16.3. The number of hydrogen-bond acceptors (Lipinski definition) is 4. The monoisotopic (exact) mass is 706 g/mol. The Morgan fingerprint density at radius 1 is 0.674 bits per heavy atom. The topological polar surface area (TPSA) is 58.9 Å². The van der Waals surface area contributed by atoms with Crippen LogP contribution in [0.5, 0.6) is 23.0 Å². The van der Waals surface area contributed by atoms with E-state index in [0.717, 1.165) is 33.1 Å². The van der Waals surface area contributed by atoms with Crippen LogP contribution in [0.4, 0.5) is 0 Å². The minimum absolute atomic E-state index is 0.0151. The van der Waals surface area contributed by atoms with Gasteiger partial charge in [-0.15, -0.1) is 0 Å². The van der Waals surface area contributed by atoms with Crippen LogP contribution >= 0.6 is 14.2 Å². The summed E-state index contributed by atoms with van der Waals surface area (Å²) in [6.07, 6.45) is 8.03. The molecule has 3 unspecified atom stereocenters. The van der Waals surface area contributed by atoms with Gasteiger partial charge in [0.1, 0.15) is 0 Å². The molecule has 1 saturated carbocycles. The summed E-state index contributed by atoms with van der Waals surface area (Å²) in [5.74, 6) is 3.96. The van der Waals surface area contributed by atoms with Gasteiger partial charge in [-0.25, -0.2) is 0 Å². The molecule has 0 bridgehead atoms. The quantitative estimate of drug-likeness (QED) is 0.287. The number of hydrogen-bond donors (Lipinski definition) is 2. The number of fused-ring (bicyclic) bond motifs is 1. The summed E-state index contributed by atoms with van der Waals surface area (Å²) >= 11 is -0.833. The van der Waals surface area contributed by atoms with Crippen molar-refractivity contribution in [2.45, 2.75) is 153 Å². The zero-order valence-corrected chi connectivity index (χ0v) is 32.4. The third-order valence-electron chi connectivity index (χ3n) is 8.47. The van der Waals surface area contributed by atoms with Crippen molar-refractivity contribution in [3.8, 4) is 23.0 Å². The molecule has 1 aliphatic carbocycles. The molecule has 43 heavy (non-hydrogen) atoms. The molecule has 4 rings (SSSR count). The Bertz CT molecular complexity index is 1280. The molecule has 2 aromatic rings. The van der Waals surface area contributed by atoms with E-state index in [1.807, 2.05) is 27.7 Å². The predicted octanol–water partition coefficient (Wildman–Crippen LogP) is 10.5. The summed E-state index contributed by atoms with van der Waals surface area (Å²) in [5, 5.41) is 24.5. The van der Waals surface area contributed by atoms with Crippen molar-refractivity contribution in [3.63, 3.8) is 0 Å². The molecule has 2 aliphatic rings. The van der Waals surface area contributed by atoms with Gasteiger partial charge in [0.25, 0.3) is 0 Å². The zero-order valence-electron chi connectivity index (χ0n) is 28.3. The van der Waals surface area contributed by atoms with Crippen LogP contribution < -0.4 is 9.47 Å². The van der Waals surface area contributed by atoms with E-state index in [2.05, 4.69) is 65.8 Å². The SMILES string of the molecule is CC(C)Oc1cc(C(C)(C)C)cc(C[S]2=[Zr]=[S](Cc3cc(C(C)(C)C)cc(OC(C)C)c3O)[C@H]3CCCCCCC32)c1O. The Labute approximate surface area is 273 Å². The van der Waals surface area contributed by atoms with Crippen molar-refractivity contribution in [1.82, 2.24) is 0 Å². The number of phenolic OH excluding ortho intramolecular Hbond substituents is 2. The van der Waals surface area contributed by atoms with Crippen molar-refractivity contribution in [2.24, 2.45) is 0 Å². The summed E-state index contributed by atoms with van der Waals surface area (Å²) < 4.78 is 12.3. The molecule has 0 radical (unpaired) electrons. The van der Waals surface area contributed by atoms with Crippen LogP contribution in [0.3, 0.4) is 0 Å². The summed E-state index contributed by atoms with van der Waals surface area (Å²) in [5.41, 5.74) is 4.61. The number of aromatic hydroxyl groups is 2. The maximum atomic E-state index is 11.5. The van der Waals surface area contributed by atoms with Crippen LogP contribution in [0.15, 0.2) is 24.3 Å². The first-order valence-corrected chi connectivity index (χ1v) is 25.2. The number of rotatable bonds is 8. The van der Waals surface area contributed by atoms with E-state index in [1.165, 1.54) is 49.7 Å². The van der Waals surface area contributed by atoms with E-state index in [0.29, 0.717) is 37.2 Å². The second-order valence-electron chi connectivity index (χ2n) is 15.1. The first kappa shape index (κ1) is 35.1. The van der Waals surface area contributed by atoms with E-state index in [1.54, 1.807) is 0 Å². The molecule has 1 aliphatic heterocycles. The third kappa shape index (κ3) is 8.94. The molecule has 1 heterocycles. The average Bonchev–Trinajstić information content (AvgIpc) is 3.15. The molecule has 0 saturated heterocycles. The molecule has 0 amide bonds. The van der Waals surface area contributed by atoms with E-state index in [-0.39, 0.29) is 23.0 Å². The van der Waals surface area contributed by atoms with Crippen molar-refractivity contribution in [3.05, 3.63) is 46.5 Å². The van der Waals surface area contributed by atoms with Crippen LogP contribution in [0.1, 0.15) is 130 Å². The fourth-order valence-electron chi connectivity index (χ4n) is 6.04. The van der Waals surface area contributed by atoms with Gasteiger partial charge in [-0.3, -0.25) is 0 Å². The number of phenols is 2. The van der Waals surface area contributed by atoms with Crippen molar-refractivity contribution < 1.29 is 38.8 Å². The molecule has 0 aromatic heterocycles. The molecule has 0 spiro atoms. The molecular formula is C36H56O4S2Zr. The minimum atomic E-state index is -0.833. The van der Waals surface area contributed by atoms with Gasteiger partial charge < -0.3 is 0 Å². The van der Waals surface area contributed by atoms with E-state index in [4.69, 9.17) is 9.47 Å². The van der Waals surface area contributed by atoms with Gasteiger partial charge >= 0.3 is 275 Å². The molecule has 4 atom stereocenters. The first-order chi connectivity index (χ1) is 20.0. The van der Waals surface area contributed by atoms with Gasteiger partial charge in [-0.1, -0.05) is 0 Å². The number of ether oxygens (including phenoxy) is 2. The summed E-state index contributed by atoms with van der Waals surface area (Å²) in [6.45, 7) is 21.6. The van der Waals surface area contributed by atoms with Crippen molar-refractivity contribution in [1.29, 1.82) is 0 Å². The molecule has 4 nitrogen and oxygen atoms in total. The standard InChI is InChI=1S/C36H56O4S2.Zr/c1-23(2)39-29-19-27(35(5,6)7)17-25(33(29)37)21-41-31-15-13-11-12-14-16-32(31)42-22-26-18-28(36(8,9)10)20-30(34(26)38)40-24(3)4;/h17-20,23-24,31-32,37-38H,11-16,21-22H2,1-10H3;/t31-,32?;/m0./s1. The molecule has 2 aromatic carbocycles. The Kier molecular flexibility index (Phi) is 11.7. The molecule has 240 valence electrons. The average molecular weight is 708 g/mol.